The summed E-state index contributed by atoms with van der Waals surface area (Å²) in [7, 11) is 0. The van der Waals surface area contributed by atoms with Crippen molar-refractivity contribution < 1.29 is 18.7 Å². The van der Waals surface area contributed by atoms with Crippen molar-refractivity contribution in [1.29, 1.82) is 0 Å². The normalized spacial score (nSPS) is 23.6. The third-order valence-electron chi connectivity index (χ3n) is 4.53. The van der Waals surface area contributed by atoms with E-state index in [2.05, 4.69) is 15.5 Å². The molecular formula is C16H25N3O4. The molecule has 2 N–H and O–H groups in total. The van der Waals surface area contributed by atoms with Crippen LogP contribution in [0.3, 0.4) is 0 Å². The molecule has 23 heavy (non-hydrogen) atoms. The van der Waals surface area contributed by atoms with Gasteiger partial charge in [0.25, 0.3) is 0 Å². The predicted octanol–water partition coefficient (Wildman–Crippen LogP) is 0.816. The molecule has 3 rings (SSSR count). The third-order valence-corrected chi connectivity index (χ3v) is 4.53. The maximum Gasteiger partial charge on any atom is 0.315 e. The topological polar surface area (TPSA) is 76.0 Å². The van der Waals surface area contributed by atoms with Gasteiger partial charge in [0.1, 0.15) is 0 Å². The van der Waals surface area contributed by atoms with Crippen molar-refractivity contribution in [2.24, 2.45) is 5.92 Å². The highest BCUT2D eigenvalue weighted by molar-refractivity contribution is 5.73. The number of morpholine rings is 1. The first kappa shape index (κ1) is 16.3. The molecule has 1 aromatic heterocycles. The highest BCUT2D eigenvalue weighted by atomic mass is 16.5. The molecule has 2 atom stereocenters. The van der Waals surface area contributed by atoms with E-state index in [1.807, 2.05) is 6.07 Å². The number of furan rings is 1. The summed E-state index contributed by atoms with van der Waals surface area (Å²) in [6.07, 6.45) is 4.29. The molecule has 2 aliphatic heterocycles. The lowest BCUT2D eigenvalue weighted by molar-refractivity contribution is 0.00212. The molecule has 1 aromatic rings. The van der Waals surface area contributed by atoms with E-state index in [9.17, 15) is 4.79 Å². The SMILES string of the molecule is O=C(NCc1ccoc1)NC[C@H]([C@@H]1CCOC1)N1CCOCC1. The first-order chi connectivity index (χ1) is 11.3. The molecule has 2 aliphatic rings. The fourth-order valence-electron chi connectivity index (χ4n) is 3.19. The quantitative estimate of drug-likeness (QED) is 0.810. The molecule has 128 valence electrons. The predicted molar refractivity (Wildman–Crippen MR) is 84.1 cm³/mol. The van der Waals surface area contributed by atoms with Crippen molar-refractivity contribution in [3.8, 4) is 0 Å². The molecule has 0 radical (unpaired) electrons. The van der Waals surface area contributed by atoms with Crippen LogP contribution in [-0.4, -0.2) is 63.0 Å². The molecule has 2 saturated heterocycles. The van der Waals surface area contributed by atoms with Crippen molar-refractivity contribution in [2.75, 3.05) is 46.1 Å². The highest BCUT2D eigenvalue weighted by Crippen LogP contribution is 2.21. The van der Waals surface area contributed by atoms with E-state index < -0.39 is 0 Å². The molecule has 2 amide bonds. The average molecular weight is 323 g/mol. The molecule has 0 bridgehead atoms. The molecule has 0 aromatic carbocycles. The van der Waals surface area contributed by atoms with Crippen LogP contribution in [-0.2, 0) is 16.0 Å². The van der Waals surface area contributed by atoms with Gasteiger partial charge in [-0.1, -0.05) is 0 Å². The molecule has 0 saturated carbocycles. The number of amides is 2. The van der Waals surface area contributed by atoms with Gasteiger partial charge in [0.2, 0.25) is 0 Å². The van der Waals surface area contributed by atoms with E-state index in [4.69, 9.17) is 13.9 Å². The lowest BCUT2D eigenvalue weighted by Gasteiger charge is -2.37. The smallest absolute Gasteiger partial charge is 0.315 e. The lowest BCUT2D eigenvalue weighted by atomic mass is 9.97. The van der Waals surface area contributed by atoms with Crippen molar-refractivity contribution in [3.05, 3.63) is 24.2 Å². The standard InChI is InChI=1S/C16H25N3O4/c20-16(17-9-13-1-5-22-11-13)18-10-15(14-2-6-23-12-14)19-3-7-21-8-4-19/h1,5,11,14-15H,2-4,6-10,12H2,(H2,17,18,20)/t14-,15-/m1/s1. The number of ether oxygens (including phenoxy) is 2. The largest absolute Gasteiger partial charge is 0.472 e. The molecule has 0 unspecified atom stereocenters. The van der Waals surface area contributed by atoms with E-state index >= 15 is 0 Å². The molecule has 0 aliphatic carbocycles. The summed E-state index contributed by atoms with van der Waals surface area (Å²) >= 11 is 0. The Labute approximate surface area is 136 Å². The Kier molecular flexibility index (Phi) is 5.90. The van der Waals surface area contributed by atoms with E-state index in [0.29, 0.717) is 25.0 Å². The number of nitrogens with zero attached hydrogens (tertiary/aromatic N) is 1. The minimum Gasteiger partial charge on any atom is -0.472 e. The zero-order valence-corrected chi connectivity index (χ0v) is 13.3. The van der Waals surface area contributed by atoms with Crippen LogP contribution in [0, 0.1) is 5.92 Å². The Balaban J connectivity index is 1.47. The number of rotatable bonds is 6. The molecular weight excluding hydrogens is 298 g/mol. The van der Waals surface area contributed by atoms with E-state index in [0.717, 1.165) is 51.5 Å². The second kappa shape index (κ2) is 8.33. The van der Waals surface area contributed by atoms with Crippen LogP contribution < -0.4 is 10.6 Å². The van der Waals surface area contributed by atoms with Crippen molar-refractivity contribution in [2.45, 2.75) is 19.0 Å². The molecule has 7 nitrogen and oxygen atoms in total. The number of nitrogens with one attached hydrogen (secondary N) is 2. The first-order valence-electron chi connectivity index (χ1n) is 8.25. The van der Waals surface area contributed by atoms with Crippen LogP contribution in [0.5, 0.6) is 0 Å². The van der Waals surface area contributed by atoms with Crippen molar-refractivity contribution in [1.82, 2.24) is 15.5 Å². The lowest BCUT2D eigenvalue weighted by Crippen LogP contribution is -2.53. The van der Waals surface area contributed by atoms with Crippen LogP contribution in [0.4, 0.5) is 4.79 Å². The van der Waals surface area contributed by atoms with Crippen molar-refractivity contribution in [3.63, 3.8) is 0 Å². The van der Waals surface area contributed by atoms with Gasteiger partial charge in [-0.25, -0.2) is 4.79 Å². The molecule has 3 heterocycles. The fourth-order valence-corrected chi connectivity index (χ4v) is 3.19. The maximum atomic E-state index is 12.0. The van der Waals surface area contributed by atoms with Crippen LogP contribution in [0.25, 0.3) is 0 Å². The van der Waals surface area contributed by atoms with Gasteiger partial charge in [0.15, 0.2) is 0 Å². The molecule has 2 fully saturated rings. The summed E-state index contributed by atoms with van der Waals surface area (Å²) in [6.45, 7) is 6.05. The summed E-state index contributed by atoms with van der Waals surface area (Å²) in [5, 5.41) is 5.85. The number of hydrogen-bond acceptors (Lipinski definition) is 5. The minimum absolute atomic E-state index is 0.150. The summed E-state index contributed by atoms with van der Waals surface area (Å²) in [4.78, 5) is 14.4. The van der Waals surface area contributed by atoms with Gasteiger partial charge in [-0.15, -0.1) is 0 Å². The summed E-state index contributed by atoms with van der Waals surface area (Å²) in [5.74, 6) is 0.474. The number of carbonyl (C=O) groups is 1. The average Bonchev–Trinajstić information content (AvgIpc) is 3.28. The van der Waals surface area contributed by atoms with Crippen LogP contribution in [0.2, 0.25) is 0 Å². The number of carbonyl (C=O) groups excluding carboxylic acids is 1. The zero-order valence-electron chi connectivity index (χ0n) is 13.3. The minimum atomic E-state index is -0.150. The second-order valence-corrected chi connectivity index (χ2v) is 6.03. The zero-order chi connectivity index (χ0) is 15.9. The third kappa shape index (κ3) is 4.70. The Bertz CT molecular complexity index is 468. The molecule has 7 heteroatoms. The van der Waals surface area contributed by atoms with Gasteiger partial charge in [-0.3, -0.25) is 4.90 Å². The van der Waals surface area contributed by atoms with E-state index in [-0.39, 0.29) is 6.03 Å². The van der Waals surface area contributed by atoms with Gasteiger partial charge in [-0.05, 0) is 12.5 Å². The summed E-state index contributed by atoms with van der Waals surface area (Å²) < 4.78 is 16.0. The number of urea groups is 1. The summed E-state index contributed by atoms with van der Waals surface area (Å²) in [6, 6.07) is 2.00. The highest BCUT2D eigenvalue weighted by Gasteiger charge is 2.31. The first-order valence-corrected chi connectivity index (χ1v) is 8.25. The number of hydrogen-bond donors (Lipinski definition) is 2. The van der Waals surface area contributed by atoms with Gasteiger partial charge in [0.05, 0.1) is 32.3 Å². The van der Waals surface area contributed by atoms with Crippen LogP contribution in [0.15, 0.2) is 23.0 Å². The monoisotopic (exact) mass is 323 g/mol. The van der Waals surface area contributed by atoms with Gasteiger partial charge in [0, 0.05) is 50.3 Å². The Hall–Kier alpha value is -1.57. The Morgan fingerprint density at radius 1 is 1.26 bits per heavy atom. The van der Waals surface area contributed by atoms with Gasteiger partial charge in [-0.2, -0.15) is 0 Å². The van der Waals surface area contributed by atoms with E-state index in [1.54, 1.807) is 12.5 Å². The summed E-state index contributed by atoms with van der Waals surface area (Å²) in [5.41, 5.74) is 0.953. The fraction of sp³-hybridized carbons (Fsp3) is 0.688. The van der Waals surface area contributed by atoms with Crippen LogP contribution >= 0.6 is 0 Å². The van der Waals surface area contributed by atoms with E-state index in [1.165, 1.54) is 0 Å². The Morgan fingerprint density at radius 3 is 2.83 bits per heavy atom. The second-order valence-electron chi connectivity index (χ2n) is 6.03. The van der Waals surface area contributed by atoms with Gasteiger partial charge < -0.3 is 24.5 Å². The van der Waals surface area contributed by atoms with Crippen molar-refractivity contribution >= 4 is 6.03 Å². The van der Waals surface area contributed by atoms with Gasteiger partial charge >= 0.3 is 6.03 Å². The Morgan fingerprint density at radius 2 is 2.13 bits per heavy atom. The maximum absolute atomic E-state index is 12.0. The molecule has 0 spiro atoms. The van der Waals surface area contributed by atoms with Crippen LogP contribution in [0.1, 0.15) is 12.0 Å².